The first-order valence-electron chi connectivity index (χ1n) is 15.6. The monoisotopic (exact) mass is 660 g/mol. The van der Waals surface area contributed by atoms with Crippen molar-refractivity contribution in [1.29, 1.82) is 0 Å². The smallest absolute Gasteiger partial charge is 0.410 e. The molecule has 1 aromatic heterocycles. The SMILES string of the molecule is COc1ccc(-c2ccc(C(C)=O)cc2)cc1CN(C(=O)c1sc2ccccc2c1Cl)[C@H]1CC[C@H](N(C)C(=O)OC(C)(C)C)CC1. The zero-order valence-corrected chi connectivity index (χ0v) is 28.8. The van der Waals surface area contributed by atoms with Gasteiger partial charge in [0.05, 0.1) is 12.1 Å². The van der Waals surface area contributed by atoms with Gasteiger partial charge in [-0.15, -0.1) is 11.3 Å². The summed E-state index contributed by atoms with van der Waals surface area (Å²) in [5, 5.41) is 1.34. The molecule has 1 fully saturated rings. The summed E-state index contributed by atoms with van der Waals surface area (Å²) in [5.41, 5.74) is 2.88. The van der Waals surface area contributed by atoms with Crippen LogP contribution in [0.5, 0.6) is 5.75 Å². The summed E-state index contributed by atoms with van der Waals surface area (Å²) in [5.74, 6) is 0.583. The predicted molar refractivity (Wildman–Crippen MR) is 185 cm³/mol. The van der Waals surface area contributed by atoms with Crippen LogP contribution in [0.15, 0.2) is 66.7 Å². The van der Waals surface area contributed by atoms with Gasteiger partial charge in [0.1, 0.15) is 16.2 Å². The minimum atomic E-state index is -0.571. The lowest BCUT2D eigenvalue weighted by Crippen LogP contribution is -2.47. The van der Waals surface area contributed by atoms with Gasteiger partial charge in [-0.3, -0.25) is 9.59 Å². The first-order chi connectivity index (χ1) is 21.9. The summed E-state index contributed by atoms with van der Waals surface area (Å²) < 4.78 is 12.4. The van der Waals surface area contributed by atoms with Crippen molar-refractivity contribution in [3.63, 3.8) is 0 Å². The van der Waals surface area contributed by atoms with Gasteiger partial charge in [-0.1, -0.05) is 60.1 Å². The van der Waals surface area contributed by atoms with Crippen LogP contribution in [0, 0.1) is 0 Å². The maximum Gasteiger partial charge on any atom is 0.410 e. The maximum atomic E-state index is 14.5. The molecular weight excluding hydrogens is 620 g/mol. The average Bonchev–Trinajstić information content (AvgIpc) is 3.38. The molecule has 7 nitrogen and oxygen atoms in total. The van der Waals surface area contributed by atoms with E-state index in [4.69, 9.17) is 21.1 Å². The fourth-order valence-corrected chi connectivity index (χ4v) is 7.52. The summed E-state index contributed by atoms with van der Waals surface area (Å²) in [6.07, 6.45) is 2.59. The topological polar surface area (TPSA) is 76.2 Å². The summed E-state index contributed by atoms with van der Waals surface area (Å²) in [6.45, 7) is 7.47. The van der Waals surface area contributed by atoms with Gasteiger partial charge in [-0.25, -0.2) is 4.79 Å². The van der Waals surface area contributed by atoms with E-state index in [1.165, 1.54) is 11.3 Å². The van der Waals surface area contributed by atoms with Crippen molar-refractivity contribution in [2.75, 3.05) is 14.2 Å². The Morgan fingerprint density at radius 1 is 0.913 bits per heavy atom. The lowest BCUT2D eigenvalue weighted by atomic mass is 9.89. The largest absolute Gasteiger partial charge is 0.496 e. The molecule has 0 aliphatic heterocycles. The number of fused-ring (bicyclic) bond motifs is 1. The zero-order chi connectivity index (χ0) is 33.2. The number of carbonyl (C=O) groups excluding carboxylic acids is 3. The van der Waals surface area contributed by atoms with Crippen LogP contribution in [0.25, 0.3) is 21.2 Å². The molecule has 0 saturated heterocycles. The Hall–Kier alpha value is -3.88. The average molecular weight is 661 g/mol. The molecule has 0 bridgehead atoms. The molecule has 1 aliphatic rings. The number of benzene rings is 3. The molecule has 9 heteroatoms. The summed E-state index contributed by atoms with van der Waals surface area (Å²) in [7, 11) is 3.42. The molecule has 0 spiro atoms. The fraction of sp³-hybridized carbons (Fsp3) is 0.378. The highest BCUT2D eigenvalue weighted by molar-refractivity contribution is 7.21. The summed E-state index contributed by atoms with van der Waals surface area (Å²) >= 11 is 8.26. The molecule has 1 saturated carbocycles. The van der Waals surface area contributed by atoms with E-state index in [0.29, 0.717) is 27.8 Å². The number of hydrogen-bond acceptors (Lipinski definition) is 6. The number of halogens is 1. The minimum Gasteiger partial charge on any atom is -0.496 e. The quantitative estimate of drug-likeness (QED) is 0.176. The number of ketones is 1. The Kier molecular flexibility index (Phi) is 10.1. The van der Waals surface area contributed by atoms with Crippen molar-refractivity contribution >= 4 is 50.8 Å². The van der Waals surface area contributed by atoms with Crippen LogP contribution in [0.2, 0.25) is 5.02 Å². The fourth-order valence-electron chi connectivity index (χ4n) is 6.05. The van der Waals surface area contributed by atoms with Crippen LogP contribution in [-0.2, 0) is 11.3 Å². The van der Waals surface area contributed by atoms with E-state index in [-0.39, 0.29) is 29.9 Å². The Bertz CT molecular complexity index is 1730. The van der Waals surface area contributed by atoms with Crippen molar-refractivity contribution in [2.45, 2.75) is 77.6 Å². The first-order valence-corrected chi connectivity index (χ1v) is 16.8. The van der Waals surface area contributed by atoms with Crippen molar-refractivity contribution in [1.82, 2.24) is 9.80 Å². The third kappa shape index (κ3) is 7.39. The van der Waals surface area contributed by atoms with Crippen LogP contribution < -0.4 is 4.74 Å². The molecule has 0 unspecified atom stereocenters. The van der Waals surface area contributed by atoms with E-state index < -0.39 is 5.60 Å². The van der Waals surface area contributed by atoms with Crippen molar-refractivity contribution < 1.29 is 23.9 Å². The first kappa shape index (κ1) is 33.5. The number of rotatable bonds is 8. The molecule has 1 heterocycles. The standard InChI is InChI=1S/C37H41ClN2O5S/c1-23(41)24-11-13-25(14-12-24)26-15-20-31(44-6)27(21-26)22-40(35(42)34-33(38)30-9-7-8-10-32(30)46-34)29-18-16-28(17-19-29)39(5)36(43)45-37(2,3)4/h7-15,20-21,28-29H,16-19,22H2,1-6H3/t28-,29-. The number of methoxy groups -OCH3 is 1. The zero-order valence-electron chi connectivity index (χ0n) is 27.3. The summed E-state index contributed by atoms with van der Waals surface area (Å²) in [6, 6.07) is 21.2. The van der Waals surface area contributed by atoms with Gasteiger partial charge in [-0.2, -0.15) is 0 Å². The van der Waals surface area contributed by atoms with Gasteiger partial charge in [-0.05, 0) is 82.7 Å². The van der Waals surface area contributed by atoms with Gasteiger partial charge in [0, 0.05) is 46.9 Å². The third-order valence-electron chi connectivity index (χ3n) is 8.57. The number of thiophene rings is 1. The lowest BCUT2D eigenvalue weighted by molar-refractivity contribution is 0.0144. The van der Waals surface area contributed by atoms with E-state index in [2.05, 4.69) is 6.07 Å². The molecule has 0 radical (unpaired) electrons. The highest BCUT2D eigenvalue weighted by Crippen LogP contribution is 2.39. The van der Waals surface area contributed by atoms with E-state index in [1.54, 1.807) is 26.0 Å². The van der Waals surface area contributed by atoms with Crippen LogP contribution in [0.1, 0.15) is 79.0 Å². The molecule has 242 valence electrons. The number of ether oxygens (including phenoxy) is 2. The second-order valence-corrected chi connectivity index (χ2v) is 14.3. The highest BCUT2D eigenvalue weighted by Gasteiger charge is 2.35. The molecule has 0 N–H and O–H groups in total. The molecule has 0 atom stereocenters. The Labute approximate surface area is 280 Å². The van der Waals surface area contributed by atoms with Crippen molar-refractivity contribution in [3.05, 3.63) is 87.8 Å². The molecule has 5 rings (SSSR count). The molecule has 4 aromatic rings. The molecule has 2 amide bonds. The highest BCUT2D eigenvalue weighted by atomic mass is 35.5. The molecule has 46 heavy (non-hydrogen) atoms. The Balaban J connectivity index is 1.46. The van der Waals surface area contributed by atoms with Gasteiger partial charge in [0.2, 0.25) is 0 Å². The van der Waals surface area contributed by atoms with Gasteiger partial charge < -0.3 is 19.3 Å². The minimum absolute atomic E-state index is 0.0167. The van der Waals surface area contributed by atoms with E-state index in [0.717, 1.165) is 52.5 Å². The Morgan fingerprint density at radius 3 is 2.15 bits per heavy atom. The second-order valence-electron chi connectivity index (χ2n) is 12.9. The number of Topliss-reactive ketones (excluding diaryl/α,β-unsaturated/α-hetero) is 1. The Morgan fingerprint density at radius 2 is 1.54 bits per heavy atom. The molecule has 3 aromatic carbocycles. The van der Waals surface area contributed by atoms with Crippen molar-refractivity contribution in [3.8, 4) is 16.9 Å². The molecule has 1 aliphatic carbocycles. The van der Waals surface area contributed by atoms with Crippen LogP contribution >= 0.6 is 22.9 Å². The molecular formula is C37H41ClN2O5S. The number of hydrogen-bond donors (Lipinski definition) is 0. The second kappa shape index (κ2) is 13.9. The van der Waals surface area contributed by atoms with Gasteiger partial charge >= 0.3 is 6.09 Å². The van der Waals surface area contributed by atoms with E-state index >= 15 is 0 Å². The van der Waals surface area contributed by atoms with E-state index in [1.807, 2.05) is 86.3 Å². The third-order valence-corrected chi connectivity index (χ3v) is 10.2. The van der Waals surface area contributed by atoms with Crippen molar-refractivity contribution in [2.24, 2.45) is 0 Å². The predicted octanol–water partition coefficient (Wildman–Crippen LogP) is 9.25. The lowest BCUT2D eigenvalue weighted by Gasteiger charge is -2.40. The van der Waals surface area contributed by atoms with Gasteiger partial charge in [0.15, 0.2) is 5.78 Å². The number of amides is 2. The maximum absolute atomic E-state index is 14.5. The van der Waals surface area contributed by atoms with E-state index in [9.17, 15) is 14.4 Å². The van der Waals surface area contributed by atoms with Gasteiger partial charge in [0.25, 0.3) is 5.91 Å². The normalized spacial score (nSPS) is 16.6. The van der Waals surface area contributed by atoms with Crippen LogP contribution in [-0.4, -0.2) is 59.4 Å². The van der Waals surface area contributed by atoms with Crippen LogP contribution in [0.3, 0.4) is 0 Å². The number of carbonyl (C=O) groups is 3. The number of nitrogens with zero attached hydrogens (tertiary/aromatic N) is 2. The summed E-state index contributed by atoms with van der Waals surface area (Å²) in [4.78, 5) is 43.2. The van der Waals surface area contributed by atoms with Crippen LogP contribution in [0.4, 0.5) is 4.79 Å².